The van der Waals surface area contributed by atoms with Crippen LogP contribution >= 0.6 is 23.5 Å². The third kappa shape index (κ3) is 6.34. The average Bonchev–Trinajstić information content (AvgIpc) is 2.45. The molecule has 1 aromatic rings. The van der Waals surface area contributed by atoms with Crippen LogP contribution in [0.3, 0.4) is 0 Å². The van der Waals surface area contributed by atoms with E-state index in [-0.39, 0.29) is 9.49 Å². The molecule has 120 valence electrons. The summed E-state index contributed by atoms with van der Waals surface area (Å²) in [6.45, 7) is 12.6. The number of nitrogens with zero attached hydrogens (tertiary/aromatic N) is 2. The van der Waals surface area contributed by atoms with Gasteiger partial charge in [0.25, 0.3) is 0 Å². The SMILES string of the molecule is CSC(C)(C)CNc1ncc(C)c(NCC(C)(C)SC)n1. The average molecular weight is 329 g/mol. The smallest absolute Gasteiger partial charge is 0.224 e. The molecule has 0 atom stereocenters. The maximum Gasteiger partial charge on any atom is 0.224 e. The number of nitrogens with one attached hydrogen (secondary N) is 2. The molecular formula is C15H28N4S2. The maximum atomic E-state index is 4.60. The highest BCUT2D eigenvalue weighted by atomic mass is 32.2. The number of hydrogen-bond donors (Lipinski definition) is 2. The van der Waals surface area contributed by atoms with Crippen LogP contribution in [0.4, 0.5) is 11.8 Å². The Bertz CT molecular complexity index is 461. The molecule has 0 amide bonds. The van der Waals surface area contributed by atoms with Gasteiger partial charge in [-0.15, -0.1) is 0 Å². The zero-order chi connectivity index (χ0) is 16.1. The van der Waals surface area contributed by atoms with E-state index in [2.05, 4.69) is 60.8 Å². The third-order valence-corrected chi connectivity index (χ3v) is 5.93. The van der Waals surface area contributed by atoms with Crippen molar-refractivity contribution in [3.63, 3.8) is 0 Å². The molecule has 0 aromatic carbocycles. The lowest BCUT2D eigenvalue weighted by Crippen LogP contribution is -2.28. The highest BCUT2D eigenvalue weighted by molar-refractivity contribution is 8.00. The molecule has 0 radical (unpaired) electrons. The van der Waals surface area contributed by atoms with E-state index >= 15 is 0 Å². The second-order valence-electron chi connectivity index (χ2n) is 6.36. The first kappa shape index (κ1) is 18.4. The van der Waals surface area contributed by atoms with E-state index in [0.29, 0.717) is 5.95 Å². The van der Waals surface area contributed by atoms with Gasteiger partial charge in [-0.2, -0.15) is 28.5 Å². The van der Waals surface area contributed by atoms with Gasteiger partial charge in [0.15, 0.2) is 0 Å². The number of rotatable bonds is 8. The summed E-state index contributed by atoms with van der Waals surface area (Å²) in [6.07, 6.45) is 6.12. The second kappa shape index (κ2) is 7.58. The summed E-state index contributed by atoms with van der Waals surface area (Å²) < 4.78 is 0.356. The van der Waals surface area contributed by atoms with E-state index in [1.54, 1.807) is 0 Å². The van der Waals surface area contributed by atoms with Gasteiger partial charge in [0.05, 0.1) is 0 Å². The van der Waals surface area contributed by atoms with Crippen molar-refractivity contribution in [3.8, 4) is 0 Å². The summed E-state index contributed by atoms with van der Waals surface area (Å²) in [7, 11) is 0. The third-order valence-electron chi connectivity index (χ3n) is 3.43. The van der Waals surface area contributed by atoms with E-state index in [4.69, 9.17) is 0 Å². The quantitative estimate of drug-likeness (QED) is 0.755. The predicted octanol–water partition coefficient (Wildman–Crippen LogP) is 3.89. The van der Waals surface area contributed by atoms with Crippen molar-refractivity contribution in [2.45, 2.75) is 44.1 Å². The minimum Gasteiger partial charge on any atom is -0.368 e. The molecule has 21 heavy (non-hydrogen) atoms. The largest absolute Gasteiger partial charge is 0.368 e. The maximum absolute atomic E-state index is 4.60. The molecule has 1 rings (SSSR count). The van der Waals surface area contributed by atoms with E-state index in [1.807, 2.05) is 36.6 Å². The van der Waals surface area contributed by atoms with Crippen molar-refractivity contribution in [1.82, 2.24) is 9.97 Å². The normalized spacial score (nSPS) is 12.3. The molecule has 0 unspecified atom stereocenters. The Hall–Kier alpha value is -0.620. The van der Waals surface area contributed by atoms with Gasteiger partial charge < -0.3 is 10.6 Å². The fourth-order valence-corrected chi connectivity index (χ4v) is 1.87. The van der Waals surface area contributed by atoms with Gasteiger partial charge >= 0.3 is 0 Å². The fraction of sp³-hybridized carbons (Fsp3) is 0.733. The van der Waals surface area contributed by atoms with Crippen LogP contribution < -0.4 is 10.6 Å². The molecule has 0 aliphatic heterocycles. The number of aromatic nitrogens is 2. The molecule has 4 nitrogen and oxygen atoms in total. The predicted molar refractivity (Wildman–Crippen MR) is 98.9 cm³/mol. The van der Waals surface area contributed by atoms with Crippen LogP contribution in [0.15, 0.2) is 6.20 Å². The first-order valence-corrected chi connectivity index (χ1v) is 9.56. The highest BCUT2D eigenvalue weighted by Crippen LogP contribution is 2.23. The number of anilines is 2. The molecular weight excluding hydrogens is 300 g/mol. The number of aryl methyl sites for hydroxylation is 1. The molecule has 1 heterocycles. The van der Waals surface area contributed by atoms with Crippen LogP contribution in [0.2, 0.25) is 0 Å². The van der Waals surface area contributed by atoms with Crippen LogP contribution in [-0.4, -0.2) is 45.1 Å². The molecule has 0 aliphatic carbocycles. The Balaban J connectivity index is 2.71. The van der Waals surface area contributed by atoms with Crippen molar-refractivity contribution in [3.05, 3.63) is 11.8 Å². The summed E-state index contributed by atoms with van der Waals surface area (Å²) >= 11 is 3.68. The van der Waals surface area contributed by atoms with E-state index in [0.717, 1.165) is 24.5 Å². The van der Waals surface area contributed by atoms with E-state index in [1.165, 1.54) is 0 Å². The zero-order valence-electron chi connectivity index (χ0n) is 14.2. The number of hydrogen-bond acceptors (Lipinski definition) is 6. The highest BCUT2D eigenvalue weighted by Gasteiger charge is 2.18. The van der Waals surface area contributed by atoms with Crippen LogP contribution in [0.1, 0.15) is 33.3 Å². The molecule has 0 bridgehead atoms. The van der Waals surface area contributed by atoms with Gasteiger partial charge in [-0.25, -0.2) is 4.98 Å². The van der Waals surface area contributed by atoms with Crippen molar-refractivity contribution < 1.29 is 0 Å². The van der Waals surface area contributed by atoms with Crippen molar-refractivity contribution in [1.29, 1.82) is 0 Å². The van der Waals surface area contributed by atoms with Crippen LogP contribution in [0.5, 0.6) is 0 Å². The van der Waals surface area contributed by atoms with Gasteiger partial charge in [-0.05, 0) is 47.1 Å². The monoisotopic (exact) mass is 328 g/mol. The van der Waals surface area contributed by atoms with E-state index in [9.17, 15) is 0 Å². The Labute approximate surface area is 137 Å². The second-order valence-corrected chi connectivity index (χ2v) is 9.39. The Kier molecular flexibility index (Phi) is 6.66. The Morgan fingerprint density at radius 2 is 1.52 bits per heavy atom. The van der Waals surface area contributed by atoms with Crippen LogP contribution in [0.25, 0.3) is 0 Å². The lowest BCUT2D eigenvalue weighted by atomic mass is 10.2. The lowest BCUT2D eigenvalue weighted by molar-refractivity contribution is 0.742. The van der Waals surface area contributed by atoms with Gasteiger partial charge in [0, 0.05) is 34.3 Å². The lowest BCUT2D eigenvalue weighted by Gasteiger charge is -2.24. The Morgan fingerprint density at radius 1 is 1.00 bits per heavy atom. The van der Waals surface area contributed by atoms with E-state index < -0.39 is 0 Å². The number of thioether (sulfide) groups is 2. The van der Waals surface area contributed by atoms with Gasteiger partial charge in [-0.1, -0.05) is 0 Å². The molecule has 0 saturated carbocycles. The minimum atomic E-state index is 0.169. The van der Waals surface area contributed by atoms with Crippen LogP contribution in [0, 0.1) is 6.92 Å². The van der Waals surface area contributed by atoms with Crippen molar-refractivity contribution >= 4 is 35.3 Å². The molecule has 0 fully saturated rings. The molecule has 0 spiro atoms. The molecule has 6 heteroatoms. The van der Waals surface area contributed by atoms with Crippen molar-refractivity contribution in [2.75, 3.05) is 36.2 Å². The Morgan fingerprint density at radius 3 is 2.05 bits per heavy atom. The molecule has 2 N–H and O–H groups in total. The first-order chi connectivity index (χ1) is 9.69. The summed E-state index contributed by atoms with van der Waals surface area (Å²) in [6, 6.07) is 0. The summed E-state index contributed by atoms with van der Waals surface area (Å²) in [5, 5.41) is 6.76. The zero-order valence-corrected chi connectivity index (χ0v) is 15.8. The van der Waals surface area contributed by atoms with Gasteiger partial charge in [-0.3, -0.25) is 0 Å². The van der Waals surface area contributed by atoms with Crippen LogP contribution in [-0.2, 0) is 0 Å². The molecule has 0 saturated heterocycles. The van der Waals surface area contributed by atoms with Gasteiger partial charge in [0.2, 0.25) is 5.95 Å². The topological polar surface area (TPSA) is 49.8 Å². The standard InChI is InChI=1S/C15H28N4S2/c1-11-8-16-13(18-10-15(4,5)21-7)19-12(11)17-9-14(2,3)20-6/h8H,9-10H2,1-7H3,(H2,16,17,18,19). The summed E-state index contributed by atoms with van der Waals surface area (Å²) in [4.78, 5) is 8.96. The summed E-state index contributed by atoms with van der Waals surface area (Å²) in [5.74, 6) is 1.60. The first-order valence-electron chi connectivity index (χ1n) is 7.11. The summed E-state index contributed by atoms with van der Waals surface area (Å²) in [5.41, 5.74) is 1.07. The van der Waals surface area contributed by atoms with Gasteiger partial charge in [0.1, 0.15) is 5.82 Å². The molecule has 1 aromatic heterocycles. The fourth-order valence-electron chi connectivity index (χ4n) is 1.44. The minimum absolute atomic E-state index is 0.169. The van der Waals surface area contributed by atoms with Crippen molar-refractivity contribution in [2.24, 2.45) is 0 Å². The molecule has 0 aliphatic rings.